The van der Waals surface area contributed by atoms with Crippen LogP contribution in [0.15, 0.2) is 0 Å². The van der Waals surface area contributed by atoms with Crippen LogP contribution in [0.5, 0.6) is 0 Å². The molecule has 0 aromatic carbocycles. The zero-order chi connectivity index (χ0) is 8.27. The lowest BCUT2D eigenvalue weighted by atomic mass is 10.0. The highest BCUT2D eigenvalue weighted by Crippen LogP contribution is 2.15. The van der Waals surface area contributed by atoms with E-state index in [0.717, 1.165) is 13.0 Å². The van der Waals surface area contributed by atoms with Crippen molar-refractivity contribution in [3.05, 3.63) is 0 Å². The highest BCUT2D eigenvalue weighted by atomic mass is 35.5. The zero-order valence-corrected chi connectivity index (χ0v) is 7.05. The van der Waals surface area contributed by atoms with Gasteiger partial charge in [-0.2, -0.15) is 0 Å². The third-order valence-electron chi connectivity index (χ3n) is 1.91. The highest BCUT2D eigenvalue weighted by Gasteiger charge is 2.31. The Labute approximate surface area is 70.9 Å². The van der Waals surface area contributed by atoms with Crippen molar-refractivity contribution in [2.75, 3.05) is 25.5 Å². The van der Waals surface area contributed by atoms with E-state index in [9.17, 15) is 4.79 Å². The van der Waals surface area contributed by atoms with Gasteiger partial charge in [0.2, 0.25) is 0 Å². The molecule has 11 heavy (non-hydrogen) atoms. The van der Waals surface area contributed by atoms with Crippen LogP contribution in [0.4, 0.5) is 0 Å². The number of carboxylic acids is 1. The zero-order valence-electron chi connectivity index (χ0n) is 6.29. The van der Waals surface area contributed by atoms with Crippen molar-refractivity contribution in [1.29, 1.82) is 0 Å². The fourth-order valence-electron chi connectivity index (χ4n) is 1.19. The van der Waals surface area contributed by atoms with Gasteiger partial charge in [-0.05, 0) is 13.0 Å². The minimum atomic E-state index is -0.674. The molecule has 1 aliphatic heterocycles. The number of halogens is 1. The molecule has 0 radical (unpaired) electrons. The number of hydrogen-bond donors (Lipinski definition) is 1. The van der Waals surface area contributed by atoms with Crippen LogP contribution < -0.4 is 0 Å². The fourth-order valence-corrected chi connectivity index (χ4v) is 1.31. The quantitative estimate of drug-likeness (QED) is 0.641. The van der Waals surface area contributed by atoms with Gasteiger partial charge in [0.1, 0.15) is 0 Å². The average molecular weight is 178 g/mol. The van der Waals surface area contributed by atoms with Gasteiger partial charge in [-0.15, -0.1) is 11.6 Å². The fraction of sp³-hybridized carbons (Fsp3) is 0.857. The number of aliphatic carboxylic acids is 1. The smallest absolute Gasteiger partial charge is 0.309 e. The summed E-state index contributed by atoms with van der Waals surface area (Å²) >= 11 is 5.48. The van der Waals surface area contributed by atoms with Crippen molar-refractivity contribution < 1.29 is 9.90 Å². The van der Waals surface area contributed by atoms with Gasteiger partial charge in [-0.25, -0.2) is 0 Å². The third-order valence-corrected chi connectivity index (χ3v) is 2.18. The Hall–Kier alpha value is -0.280. The summed E-state index contributed by atoms with van der Waals surface area (Å²) in [5.74, 6) is -0.147. The molecule has 0 aliphatic carbocycles. The Morgan fingerprint density at radius 1 is 1.64 bits per heavy atom. The third kappa shape index (κ3) is 2.34. The number of nitrogens with zero attached hydrogens (tertiary/aromatic N) is 1. The van der Waals surface area contributed by atoms with E-state index in [4.69, 9.17) is 16.7 Å². The number of hydrogen-bond acceptors (Lipinski definition) is 2. The van der Waals surface area contributed by atoms with Crippen LogP contribution >= 0.6 is 11.6 Å². The number of alkyl halides is 1. The van der Waals surface area contributed by atoms with Gasteiger partial charge in [-0.1, -0.05) is 0 Å². The SMILES string of the molecule is O=C(O)C1CN(CCCCl)C1. The Bertz CT molecular complexity index is 145. The summed E-state index contributed by atoms with van der Waals surface area (Å²) in [6.45, 7) is 2.34. The van der Waals surface area contributed by atoms with E-state index in [1.165, 1.54) is 0 Å². The first kappa shape index (κ1) is 8.81. The molecular formula is C7H12ClNO2. The highest BCUT2D eigenvalue weighted by molar-refractivity contribution is 6.17. The van der Waals surface area contributed by atoms with Crippen molar-refractivity contribution >= 4 is 17.6 Å². The normalized spacial score (nSPS) is 19.7. The summed E-state index contributed by atoms with van der Waals surface area (Å²) in [6.07, 6.45) is 0.952. The Kier molecular flexibility index (Phi) is 3.15. The lowest BCUT2D eigenvalue weighted by Gasteiger charge is -2.36. The van der Waals surface area contributed by atoms with Crippen LogP contribution in [-0.4, -0.2) is 41.5 Å². The summed E-state index contributed by atoms with van der Waals surface area (Å²) in [5.41, 5.74) is 0. The van der Waals surface area contributed by atoms with Crippen molar-refractivity contribution in [2.24, 2.45) is 5.92 Å². The van der Waals surface area contributed by atoms with Crippen molar-refractivity contribution in [3.8, 4) is 0 Å². The molecule has 0 atom stereocenters. The van der Waals surface area contributed by atoms with E-state index in [2.05, 4.69) is 4.90 Å². The van der Waals surface area contributed by atoms with Gasteiger partial charge in [0.05, 0.1) is 5.92 Å². The molecule has 64 valence electrons. The molecule has 0 aromatic rings. The number of likely N-dealkylation sites (tertiary alicyclic amines) is 1. The molecule has 0 saturated carbocycles. The lowest BCUT2D eigenvalue weighted by Crippen LogP contribution is -2.50. The number of carboxylic acid groups (broad SMARTS) is 1. The van der Waals surface area contributed by atoms with Gasteiger partial charge in [0, 0.05) is 19.0 Å². The molecular weight excluding hydrogens is 166 g/mol. The molecule has 0 aromatic heterocycles. The van der Waals surface area contributed by atoms with E-state index in [1.54, 1.807) is 0 Å². The van der Waals surface area contributed by atoms with Gasteiger partial charge >= 0.3 is 5.97 Å². The molecule has 1 aliphatic rings. The van der Waals surface area contributed by atoms with E-state index in [0.29, 0.717) is 19.0 Å². The van der Waals surface area contributed by atoms with Gasteiger partial charge in [-0.3, -0.25) is 4.79 Å². The maximum atomic E-state index is 10.3. The molecule has 4 heteroatoms. The molecule has 0 bridgehead atoms. The monoisotopic (exact) mass is 177 g/mol. The Morgan fingerprint density at radius 3 is 2.73 bits per heavy atom. The average Bonchev–Trinajstić information content (AvgIpc) is 1.84. The molecule has 1 fully saturated rings. The second-order valence-corrected chi connectivity index (χ2v) is 3.22. The standard InChI is InChI=1S/C7H12ClNO2/c8-2-1-3-9-4-6(5-9)7(10)11/h6H,1-5H2,(H,10,11). The first-order valence-corrected chi connectivity index (χ1v) is 4.28. The van der Waals surface area contributed by atoms with Gasteiger partial charge in [0.15, 0.2) is 0 Å². The van der Waals surface area contributed by atoms with Crippen molar-refractivity contribution in [2.45, 2.75) is 6.42 Å². The number of carbonyl (C=O) groups is 1. The van der Waals surface area contributed by atoms with Crippen molar-refractivity contribution in [1.82, 2.24) is 4.90 Å². The van der Waals surface area contributed by atoms with Crippen LogP contribution in [0.3, 0.4) is 0 Å². The van der Waals surface area contributed by atoms with E-state index in [1.807, 2.05) is 0 Å². The molecule has 1 rings (SSSR count). The number of rotatable bonds is 4. The predicted molar refractivity (Wildman–Crippen MR) is 42.9 cm³/mol. The van der Waals surface area contributed by atoms with Crippen LogP contribution in [0.25, 0.3) is 0 Å². The lowest BCUT2D eigenvalue weighted by molar-refractivity contribution is -0.147. The molecule has 1 heterocycles. The topological polar surface area (TPSA) is 40.5 Å². The van der Waals surface area contributed by atoms with E-state index < -0.39 is 5.97 Å². The Morgan fingerprint density at radius 2 is 2.27 bits per heavy atom. The van der Waals surface area contributed by atoms with Crippen LogP contribution in [0.2, 0.25) is 0 Å². The van der Waals surface area contributed by atoms with E-state index >= 15 is 0 Å². The van der Waals surface area contributed by atoms with Crippen LogP contribution in [0.1, 0.15) is 6.42 Å². The second kappa shape index (κ2) is 3.93. The molecule has 0 spiro atoms. The largest absolute Gasteiger partial charge is 0.481 e. The van der Waals surface area contributed by atoms with Gasteiger partial charge < -0.3 is 10.0 Å². The summed E-state index contributed by atoms with van der Waals surface area (Å²) in [5, 5.41) is 8.52. The molecule has 0 amide bonds. The molecule has 1 N–H and O–H groups in total. The van der Waals surface area contributed by atoms with Crippen LogP contribution in [-0.2, 0) is 4.79 Å². The molecule has 3 nitrogen and oxygen atoms in total. The maximum Gasteiger partial charge on any atom is 0.309 e. The molecule has 0 unspecified atom stereocenters. The van der Waals surface area contributed by atoms with Crippen molar-refractivity contribution in [3.63, 3.8) is 0 Å². The summed E-state index contributed by atoms with van der Waals surface area (Å²) in [4.78, 5) is 12.5. The second-order valence-electron chi connectivity index (χ2n) is 2.84. The Balaban J connectivity index is 2.05. The maximum absolute atomic E-state index is 10.3. The predicted octanol–water partition coefficient (Wildman–Crippen LogP) is 0.632. The minimum absolute atomic E-state index is 0.134. The minimum Gasteiger partial charge on any atom is -0.481 e. The summed E-state index contributed by atoms with van der Waals surface area (Å²) in [6, 6.07) is 0. The van der Waals surface area contributed by atoms with Crippen LogP contribution in [0, 0.1) is 5.92 Å². The van der Waals surface area contributed by atoms with Gasteiger partial charge in [0.25, 0.3) is 0 Å². The summed E-state index contributed by atoms with van der Waals surface area (Å²) in [7, 11) is 0. The molecule has 1 saturated heterocycles. The first-order chi connectivity index (χ1) is 5.24. The first-order valence-electron chi connectivity index (χ1n) is 3.75. The summed E-state index contributed by atoms with van der Waals surface area (Å²) < 4.78 is 0. The van der Waals surface area contributed by atoms with E-state index in [-0.39, 0.29) is 5.92 Å².